The van der Waals surface area contributed by atoms with E-state index in [2.05, 4.69) is 4.98 Å². The number of pyridine rings is 1. The average Bonchev–Trinajstić information content (AvgIpc) is 2.79. The minimum atomic E-state index is -4.45. The van der Waals surface area contributed by atoms with Crippen LogP contribution < -0.4 is 0 Å². The molecule has 1 aromatic carbocycles. The van der Waals surface area contributed by atoms with E-state index in [0.717, 1.165) is 4.40 Å². The van der Waals surface area contributed by atoms with Crippen molar-refractivity contribution in [3.63, 3.8) is 0 Å². The minimum absolute atomic E-state index is 0.0423. The summed E-state index contributed by atoms with van der Waals surface area (Å²) in [7, 11) is 0. The third-order valence-electron chi connectivity index (χ3n) is 2.85. The Hall–Kier alpha value is -2.30. The van der Waals surface area contributed by atoms with E-state index < -0.39 is 11.9 Å². The third-order valence-corrected chi connectivity index (χ3v) is 2.85. The molecule has 0 saturated heterocycles. The Kier molecular flexibility index (Phi) is 2.55. The summed E-state index contributed by atoms with van der Waals surface area (Å²) in [4.78, 5) is 4.09. The molecule has 96 valence electrons. The summed E-state index contributed by atoms with van der Waals surface area (Å²) in [6, 6.07) is 13.2. The molecule has 0 unspecified atom stereocenters. The fourth-order valence-corrected chi connectivity index (χ4v) is 2.06. The lowest BCUT2D eigenvalue weighted by molar-refractivity contribution is -0.141. The van der Waals surface area contributed by atoms with Gasteiger partial charge in [0.1, 0.15) is 11.3 Å². The molecular weight excluding hydrogens is 253 g/mol. The van der Waals surface area contributed by atoms with Crippen LogP contribution in [0.5, 0.6) is 0 Å². The third kappa shape index (κ3) is 1.97. The van der Waals surface area contributed by atoms with Crippen LogP contribution in [0, 0.1) is 0 Å². The van der Waals surface area contributed by atoms with Gasteiger partial charge in [0, 0.05) is 11.8 Å². The zero-order chi connectivity index (χ0) is 13.5. The van der Waals surface area contributed by atoms with Gasteiger partial charge >= 0.3 is 6.18 Å². The molecule has 0 N–H and O–H groups in total. The molecule has 0 spiro atoms. The molecule has 3 rings (SSSR count). The molecule has 2 aromatic heterocycles. The number of alkyl halides is 3. The monoisotopic (exact) mass is 262 g/mol. The Bertz CT molecular complexity index is 714. The first kappa shape index (κ1) is 11.8. The Morgan fingerprint density at radius 2 is 1.58 bits per heavy atom. The molecular formula is C14H9F3N2. The number of hydrogen-bond donors (Lipinski definition) is 0. The Morgan fingerprint density at radius 1 is 0.895 bits per heavy atom. The molecule has 19 heavy (non-hydrogen) atoms. The van der Waals surface area contributed by atoms with Crippen molar-refractivity contribution in [3.8, 4) is 11.3 Å². The van der Waals surface area contributed by atoms with Crippen molar-refractivity contribution in [1.82, 2.24) is 9.38 Å². The van der Waals surface area contributed by atoms with Crippen LogP contribution in [-0.4, -0.2) is 9.38 Å². The molecule has 0 aliphatic rings. The summed E-state index contributed by atoms with van der Waals surface area (Å²) < 4.78 is 40.8. The maximum absolute atomic E-state index is 13.2. The fourth-order valence-electron chi connectivity index (χ4n) is 2.06. The van der Waals surface area contributed by atoms with Gasteiger partial charge in [0.25, 0.3) is 0 Å². The molecule has 0 atom stereocenters. The van der Waals surface area contributed by atoms with Crippen molar-refractivity contribution in [2.24, 2.45) is 0 Å². The molecule has 0 aliphatic heterocycles. The number of hydrogen-bond acceptors (Lipinski definition) is 1. The van der Waals surface area contributed by atoms with Crippen LogP contribution in [0.3, 0.4) is 0 Å². The van der Waals surface area contributed by atoms with E-state index in [1.807, 2.05) is 0 Å². The van der Waals surface area contributed by atoms with Crippen LogP contribution in [0.25, 0.3) is 16.9 Å². The molecule has 3 aromatic rings. The molecule has 0 aliphatic carbocycles. The molecule has 0 radical (unpaired) electrons. The fraction of sp³-hybridized carbons (Fsp3) is 0.0714. The van der Waals surface area contributed by atoms with Crippen molar-refractivity contribution < 1.29 is 13.2 Å². The molecule has 0 saturated carbocycles. The van der Waals surface area contributed by atoms with Crippen LogP contribution in [-0.2, 0) is 6.18 Å². The summed E-state index contributed by atoms with van der Waals surface area (Å²) >= 11 is 0. The number of aromatic nitrogens is 2. The number of fused-ring (bicyclic) bond motifs is 1. The van der Waals surface area contributed by atoms with Crippen molar-refractivity contribution >= 4 is 5.65 Å². The van der Waals surface area contributed by atoms with Gasteiger partial charge in [-0.25, -0.2) is 4.98 Å². The zero-order valence-electron chi connectivity index (χ0n) is 9.72. The SMILES string of the molecule is FC(F)(F)c1c(-c2ccccc2)nc2ccccn12. The van der Waals surface area contributed by atoms with Gasteiger partial charge in [-0.05, 0) is 12.1 Å². The maximum Gasteiger partial charge on any atom is 0.433 e. The van der Waals surface area contributed by atoms with Crippen LogP contribution in [0.1, 0.15) is 5.69 Å². The summed E-state index contributed by atoms with van der Waals surface area (Å²) in [6.45, 7) is 0. The largest absolute Gasteiger partial charge is 0.433 e. The highest BCUT2D eigenvalue weighted by Gasteiger charge is 2.38. The van der Waals surface area contributed by atoms with Gasteiger partial charge in [0.2, 0.25) is 0 Å². The predicted molar refractivity (Wildman–Crippen MR) is 65.6 cm³/mol. The first-order valence-corrected chi connectivity index (χ1v) is 5.67. The van der Waals surface area contributed by atoms with Gasteiger partial charge in [-0.2, -0.15) is 13.2 Å². The lowest BCUT2D eigenvalue weighted by Crippen LogP contribution is -2.10. The van der Waals surface area contributed by atoms with E-state index in [1.165, 1.54) is 6.20 Å². The molecule has 2 nitrogen and oxygen atoms in total. The number of nitrogens with zero attached hydrogens (tertiary/aromatic N) is 2. The maximum atomic E-state index is 13.2. The highest BCUT2D eigenvalue weighted by molar-refractivity contribution is 5.67. The second-order valence-corrected chi connectivity index (χ2v) is 4.10. The number of halogens is 3. The van der Waals surface area contributed by atoms with Crippen molar-refractivity contribution in [2.45, 2.75) is 6.18 Å². The normalized spacial score (nSPS) is 11.9. The zero-order valence-corrected chi connectivity index (χ0v) is 9.72. The van der Waals surface area contributed by atoms with Gasteiger partial charge in [0.05, 0.1) is 0 Å². The van der Waals surface area contributed by atoms with E-state index in [0.29, 0.717) is 5.56 Å². The summed E-state index contributed by atoms with van der Waals surface area (Å²) in [5.74, 6) is 0. The first-order valence-electron chi connectivity index (χ1n) is 5.67. The Labute approximate surface area is 107 Å². The van der Waals surface area contributed by atoms with Gasteiger partial charge < -0.3 is 0 Å². The molecule has 5 heteroatoms. The predicted octanol–water partition coefficient (Wildman–Crippen LogP) is 4.02. The lowest BCUT2D eigenvalue weighted by atomic mass is 10.1. The highest BCUT2D eigenvalue weighted by atomic mass is 19.4. The van der Waals surface area contributed by atoms with Crippen molar-refractivity contribution in [1.29, 1.82) is 0 Å². The molecule has 2 heterocycles. The van der Waals surface area contributed by atoms with E-state index in [9.17, 15) is 13.2 Å². The summed E-state index contributed by atoms with van der Waals surface area (Å²) in [5, 5.41) is 0. The lowest BCUT2D eigenvalue weighted by Gasteiger charge is -2.08. The molecule has 0 amide bonds. The van der Waals surface area contributed by atoms with Crippen LogP contribution >= 0.6 is 0 Å². The van der Waals surface area contributed by atoms with Crippen LogP contribution in [0.4, 0.5) is 13.2 Å². The average molecular weight is 262 g/mol. The Balaban J connectivity index is 2.36. The van der Waals surface area contributed by atoms with E-state index in [-0.39, 0.29) is 11.3 Å². The Morgan fingerprint density at radius 3 is 2.26 bits per heavy atom. The van der Waals surface area contributed by atoms with E-state index in [4.69, 9.17) is 0 Å². The number of rotatable bonds is 1. The second-order valence-electron chi connectivity index (χ2n) is 4.10. The summed E-state index contributed by atoms with van der Waals surface area (Å²) in [6.07, 6.45) is -3.08. The van der Waals surface area contributed by atoms with E-state index >= 15 is 0 Å². The standard InChI is InChI=1S/C14H9F3N2/c15-14(16,17)13-12(10-6-2-1-3-7-10)18-11-8-4-5-9-19(11)13/h1-9H. The van der Waals surface area contributed by atoms with Crippen molar-refractivity contribution in [2.75, 3.05) is 0 Å². The minimum Gasteiger partial charge on any atom is -0.295 e. The van der Waals surface area contributed by atoms with Gasteiger partial charge in [-0.3, -0.25) is 4.40 Å². The van der Waals surface area contributed by atoms with Gasteiger partial charge in [0.15, 0.2) is 5.69 Å². The van der Waals surface area contributed by atoms with Crippen molar-refractivity contribution in [3.05, 3.63) is 60.4 Å². The smallest absolute Gasteiger partial charge is 0.295 e. The highest BCUT2D eigenvalue weighted by Crippen LogP contribution is 2.37. The van der Waals surface area contributed by atoms with Gasteiger partial charge in [-0.1, -0.05) is 36.4 Å². The quantitative estimate of drug-likeness (QED) is 0.647. The van der Waals surface area contributed by atoms with E-state index in [1.54, 1.807) is 48.5 Å². The number of benzene rings is 1. The topological polar surface area (TPSA) is 17.3 Å². The first-order chi connectivity index (χ1) is 9.07. The van der Waals surface area contributed by atoms with Crippen LogP contribution in [0.15, 0.2) is 54.7 Å². The summed E-state index contributed by atoms with van der Waals surface area (Å²) in [5.41, 5.74) is -0.0409. The van der Waals surface area contributed by atoms with Gasteiger partial charge in [-0.15, -0.1) is 0 Å². The molecule has 0 fully saturated rings. The second kappa shape index (κ2) is 4.12. The van der Waals surface area contributed by atoms with Crippen LogP contribution in [0.2, 0.25) is 0 Å². The molecule has 0 bridgehead atoms. The number of imidazole rings is 1.